The van der Waals surface area contributed by atoms with E-state index in [0.29, 0.717) is 34.5 Å². The van der Waals surface area contributed by atoms with E-state index in [2.05, 4.69) is 66.8 Å². The van der Waals surface area contributed by atoms with Gasteiger partial charge in [-0.25, -0.2) is 14.4 Å². The molecule has 1 aromatic carbocycles. The highest BCUT2D eigenvalue weighted by Gasteiger charge is 2.12. The molecule has 0 saturated carbocycles. The number of carbonyl (C=O) groups excluding carboxylic acids is 3. The number of hydrogen-bond acceptors (Lipinski definition) is 9. The number of halogens is 1. The molecule has 0 bridgehead atoms. The van der Waals surface area contributed by atoms with Crippen molar-refractivity contribution in [3.8, 4) is 0 Å². The molecule has 1 rings (SSSR count). The van der Waals surface area contributed by atoms with Gasteiger partial charge < -0.3 is 29.2 Å². The standard InChI is InChI=1S/C20H22O3.C9H14O5.C6H6.C4H5FO2/c1-14(16(3)10-11-18(5)20(21)22)8-9-15(2)17(4)12-13-19(6)23-7;1-7(6-8(11)13-2)9(12)14-5-3-4-10;1-2-4-6-5-3-1;1-3(5)4(6)7-2/h8-13H,1-6H2,7H3,(H,21,22);10H,1,3-6H2,2H3;1-6H;1H2,2H3/b9-8-,11-10-,13-12-;;;. The Balaban J connectivity index is -0.000000682. The van der Waals surface area contributed by atoms with Gasteiger partial charge in [-0.1, -0.05) is 113 Å². The maximum absolute atomic E-state index is 11.4. The Bertz CT molecular complexity index is 1430. The summed E-state index contributed by atoms with van der Waals surface area (Å²) in [4.78, 5) is 42.2. The average molecular weight is 695 g/mol. The zero-order valence-corrected chi connectivity index (χ0v) is 29.0. The number of aliphatic carboxylic acids is 1. The zero-order valence-electron chi connectivity index (χ0n) is 29.0. The van der Waals surface area contributed by atoms with E-state index in [1.807, 2.05) is 36.4 Å². The van der Waals surface area contributed by atoms with E-state index in [1.54, 1.807) is 30.4 Å². The third kappa shape index (κ3) is 28.2. The molecule has 0 aliphatic carbocycles. The van der Waals surface area contributed by atoms with E-state index in [0.717, 1.165) is 7.11 Å². The summed E-state index contributed by atoms with van der Waals surface area (Å²) >= 11 is 0. The van der Waals surface area contributed by atoms with Gasteiger partial charge in [0.1, 0.15) is 5.76 Å². The number of carbonyl (C=O) groups is 4. The van der Waals surface area contributed by atoms with Crippen LogP contribution < -0.4 is 0 Å². The van der Waals surface area contributed by atoms with Crippen molar-refractivity contribution >= 4 is 23.9 Å². The molecule has 0 atom stereocenters. The Hall–Kier alpha value is -6.07. The molecule has 0 saturated heterocycles. The summed E-state index contributed by atoms with van der Waals surface area (Å²) in [5, 5.41) is 17.1. The summed E-state index contributed by atoms with van der Waals surface area (Å²) in [6, 6.07) is 12.0. The highest BCUT2D eigenvalue weighted by atomic mass is 19.1. The lowest BCUT2D eigenvalue weighted by atomic mass is 10.0. The lowest BCUT2D eigenvalue weighted by Gasteiger charge is -2.04. The normalized spacial score (nSPS) is 9.62. The summed E-state index contributed by atoms with van der Waals surface area (Å²) < 4.78 is 29.3. The van der Waals surface area contributed by atoms with Crippen LogP contribution in [0.4, 0.5) is 4.39 Å². The van der Waals surface area contributed by atoms with Gasteiger partial charge in [-0.05, 0) is 34.4 Å². The lowest BCUT2D eigenvalue weighted by Crippen LogP contribution is -2.12. The molecule has 2 N–H and O–H groups in total. The van der Waals surface area contributed by atoms with Crippen LogP contribution in [0.2, 0.25) is 0 Å². The summed E-state index contributed by atoms with van der Waals surface area (Å²) in [6.07, 6.45) is 10.0. The van der Waals surface area contributed by atoms with Gasteiger partial charge in [-0.15, -0.1) is 0 Å². The number of carboxylic acids is 1. The summed E-state index contributed by atoms with van der Waals surface area (Å²) in [5.41, 5.74) is 2.62. The van der Waals surface area contributed by atoms with Gasteiger partial charge in [-0.3, -0.25) is 4.79 Å². The molecule has 270 valence electrons. The molecular weight excluding hydrogens is 647 g/mol. The molecular formula is C39H47FO10. The third-order valence-corrected chi connectivity index (χ3v) is 5.29. The number of allylic oxidation sites excluding steroid dienone is 9. The van der Waals surface area contributed by atoms with Crippen LogP contribution in [0, 0.1) is 0 Å². The molecule has 1 aromatic rings. The number of ether oxygens (including phenoxy) is 4. The second-order valence-corrected chi connectivity index (χ2v) is 9.22. The fraction of sp³-hybridized carbons (Fsp3) is 0.179. The van der Waals surface area contributed by atoms with Crippen LogP contribution in [-0.4, -0.2) is 68.6 Å². The fourth-order valence-electron chi connectivity index (χ4n) is 2.31. The van der Waals surface area contributed by atoms with Gasteiger partial charge in [0, 0.05) is 18.6 Å². The first-order valence-corrected chi connectivity index (χ1v) is 14.4. The Labute approximate surface area is 294 Å². The molecule has 11 heteroatoms. The van der Waals surface area contributed by atoms with Gasteiger partial charge >= 0.3 is 23.9 Å². The second kappa shape index (κ2) is 30.3. The summed E-state index contributed by atoms with van der Waals surface area (Å²) in [5.74, 6) is -3.81. The van der Waals surface area contributed by atoms with Crippen molar-refractivity contribution in [2.45, 2.75) is 12.8 Å². The van der Waals surface area contributed by atoms with E-state index in [1.165, 1.54) is 20.3 Å². The van der Waals surface area contributed by atoms with Gasteiger partial charge in [-0.2, -0.15) is 4.39 Å². The Kier molecular flexibility index (Phi) is 29.3. The minimum Gasteiger partial charge on any atom is -0.497 e. The number of benzene rings is 1. The van der Waals surface area contributed by atoms with E-state index in [-0.39, 0.29) is 30.8 Å². The van der Waals surface area contributed by atoms with Crippen molar-refractivity contribution in [3.63, 3.8) is 0 Å². The van der Waals surface area contributed by atoms with Crippen molar-refractivity contribution in [1.29, 1.82) is 0 Å². The molecule has 0 unspecified atom stereocenters. The van der Waals surface area contributed by atoms with Crippen molar-refractivity contribution in [3.05, 3.63) is 171 Å². The monoisotopic (exact) mass is 694 g/mol. The summed E-state index contributed by atoms with van der Waals surface area (Å²) in [6.45, 7) is 28.7. The smallest absolute Gasteiger partial charge is 0.366 e. The van der Waals surface area contributed by atoms with Crippen LogP contribution in [0.25, 0.3) is 0 Å². The molecule has 0 heterocycles. The largest absolute Gasteiger partial charge is 0.497 e. The minimum atomic E-state index is -1.08. The quantitative estimate of drug-likeness (QED) is 0.0435. The Morgan fingerprint density at radius 1 is 0.620 bits per heavy atom. The molecule has 0 amide bonds. The Morgan fingerprint density at radius 2 is 1.02 bits per heavy atom. The first-order valence-electron chi connectivity index (χ1n) is 14.4. The Morgan fingerprint density at radius 3 is 1.32 bits per heavy atom. The molecule has 10 nitrogen and oxygen atoms in total. The maximum atomic E-state index is 11.4. The second-order valence-electron chi connectivity index (χ2n) is 9.22. The van der Waals surface area contributed by atoms with Crippen molar-refractivity contribution in [1.82, 2.24) is 0 Å². The maximum Gasteiger partial charge on any atom is 0.366 e. The van der Waals surface area contributed by atoms with Crippen LogP contribution in [0.1, 0.15) is 12.8 Å². The van der Waals surface area contributed by atoms with Crippen LogP contribution in [0.5, 0.6) is 0 Å². The lowest BCUT2D eigenvalue weighted by molar-refractivity contribution is -0.144. The summed E-state index contributed by atoms with van der Waals surface area (Å²) in [7, 11) is 3.85. The number of aliphatic hydroxyl groups excluding tert-OH is 1. The van der Waals surface area contributed by atoms with Crippen LogP contribution in [0.3, 0.4) is 0 Å². The molecule has 0 aliphatic heterocycles. The number of esters is 3. The molecule has 0 aliphatic rings. The first kappa shape index (κ1) is 48.3. The van der Waals surface area contributed by atoms with E-state index >= 15 is 0 Å². The van der Waals surface area contributed by atoms with Gasteiger partial charge in [0.2, 0.25) is 5.83 Å². The average Bonchev–Trinajstić information content (AvgIpc) is 3.11. The van der Waals surface area contributed by atoms with Gasteiger partial charge in [0.05, 0.1) is 39.9 Å². The number of aliphatic hydroxyl groups is 1. The number of methoxy groups -OCH3 is 3. The predicted octanol–water partition coefficient (Wildman–Crippen LogP) is 7.04. The topological polar surface area (TPSA) is 146 Å². The number of hydrogen-bond donors (Lipinski definition) is 2. The first-order chi connectivity index (χ1) is 23.5. The van der Waals surface area contributed by atoms with Crippen LogP contribution >= 0.6 is 0 Å². The van der Waals surface area contributed by atoms with Crippen molar-refractivity contribution in [2.75, 3.05) is 34.5 Å². The highest BCUT2D eigenvalue weighted by Crippen LogP contribution is 2.15. The number of carboxylic acid groups (broad SMARTS) is 1. The molecule has 0 radical (unpaired) electrons. The molecule has 0 spiro atoms. The van der Waals surface area contributed by atoms with Gasteiger partial charge in [0.25, 0.3) is 0 Å². The van der Waals surface area contributed by atoms with E-state index < -0.39 is 29.7 Å². The van der Waals surface area contributed by atoms with Gasteiger partial charge in [0.15, 0.2) is 0 Å². The zero-order chi connectivity index (χ0) is 39.1. The minimum absolute atomic E-state index is 0.0239. The molecule has 0 fully saturated rings. The predicted molar refractivity (Wildman–Crippen MR) is 194 cm³/mol. The van der Waals surface area contributed by atoms with E-state index in [9.17, 15) is 23.6 Å². The van der Waals surface area contributed by atoms with Crippen LogP contribution in [-0.2, 0) is 38.1 Å². The SMILES string of the molecule is C=C(/C=C\C(=C)C(=C)/C=C\C(=C)C(=C)/C=C\C(=C)C(=O)O)OC.C=C(CC(=O)OC)C(=O)OCCCO.C=C(F)C(=O)OC.c1ccccc1. The highest BCUT2D eigenvalue weighted by molar-refractivity contribution is 5.93. The molecule has 0 aromatic heterocycles. The van der Waals surface area contributed by atoms with Crippen LogP contribution in [0.15, 0.2) is 171 Å². The number of rotatable bonds is 17. The van der Waals surface area contributed by atoms with Crippen molar-refractivity contribution < 1.29 is 52.7 Å². The fourth-order valence-corrected chi connectivity index (χ4v) is 2.31. The molecule has 50 heavy (non-hydrogen) atoms. The van der Waals surface area contributed by atoms with E-state index in [4.69, 9.17) is 14.9 Å². The third-order valence-electron chi connectivity index (χ3n) is 5.29. The van der Waals surface area contributed by atoms with Crippen molar-refractivity contribution in [2.24, 2.45) is 0 Å².